The first-order valence-corrected chi connectivity index (χ1v) is 5.84. The van der Waals surface area contributed by atoms with Gasteiger partial charge in [-0.3, -0.25) is 10.1 Å². The summed E-state index contributed by atoms with van der Waals surface area (Å²) in [5.74, 6) is -0.563. The summed E-state index contributed by atoms with van der Waals surface area (Å²) in [6, 6.07) is 14.6. The van der Waals surface area contributed by atoms with Gasteiger partial charge in [-0.05, 0) is 23.8 Å². The van der Waals surface area contributed by atoms with E-state index in [0.29, 0.717) is 0 Å². The highest BCUT2D eigenvalue weighted by Gasteiger charge is 2.09. The highest BCUT2D eigenvalue weighted by molar-refractivity contribution is 5.90. The Kier molecular flexibility index (Phi) is 4.24. The molecule has 0 unspecified atom stereocenters. The van der Waals surface area contributed by atoms with Crippen molar-refractivity contribution in [1.29, 1.82) is 0 Å². The molecule has 0 bridgehead atoms. The molecule has 5 nitrogen and oxygen atoms in total. The van der Waals surface area contributed by atoms with Gasteiger partial charge in [0.2, 0.25) is 0 Å². The lowest BCUT2D eigenvalue weighted by Crippen LogP contribution is -2.00. The maximum absolute atomic E-state index is 11.7. The van der Waals surface area contributed by atoms with Gasteiger partial charge in [0.05, 0.1) is 16.7 Å². The lowest BCUT2D eigenvalue weighted by molar-refractivity contribution is -0.384. The molecule has 100 valence electrons. The molecule has 0 aliphatic rings. The molecule has 0 saturated carbocycles. The van der Waals surface area contributed by atoms with Crippen LogP contribution in [0.15, 0.2) is 60.9 Å². The first kappa shape index (κ1) is 13.5. The maximum atomic E-state index is 11.7. The summed E-state index contributed by atoms with van der Waals surface area (Å²) >= 11 is 0. The third kappa shape index (κ3) is 3.52. The van der Waals surface area contributed by atoms with Crippen molar-refractivity contribution in [3.05, 3.63) is 82.1 Å². The molecule has 0 N–H and O–H groups in total. The zero-order chi connectivity index (χ0) is 14.4. The number of nitrogens with zero attached hydrogens (tertiary/aromatic N) is 1. The average Bonchev–Trinajstić information content (AvgIpc) is 2.48. The average molecular weight is 269 g/mol. The quantitative estimate of drug-likeness (QED) is 0.369. The Labute approximate surface area is 115 Å². The molecule has 0 radical (unpaired) electrons. The largest absolute Gasteiger partial charge is 0.431 e. The fraction of sp³-hybridized carbons (Fsp3) is 0. The molecule has 0 amide bonds. The van der Waals surface area contributed by atoms with Crippen LogP contribution in [0.3, 0.4) is 0 Å². The van der Waals surface area contributed by atoms with Gasteiger partial charge in [-0.2, -0.15) is 0 Å². The summed E-state index contributed by atoms with van der Waals surface area (Å²) in [5, 5.41) is 10.5. The number of hydrogen-bond donors (Lipinski definition) is 0. The van der Waals surface area contributed by atoms with E-state index in [0.717, 1.165) is 5.56 Å². The summed E-state index contributed by atoms with van der Waals surface area (Å²) in [7, 11) is 0. The third-order valence-electron chi connectivity index (χ3n) is 2.55. The van der Waals surface area contributed by atoms with Gasteiger partial charge in [0, 0.05) is 12.1 Å². The van der Waals surface area contributed by atoms with Crippen LogP contribution in [0.2, 0.25) is 0 Å². The van der Waals surface area contributed by atoms with Crippen LogP contribution < -0.4 is 0 Å². The number of carbonyl (C=O) groups excluding carboxylic acids is 1. The fourth-order valence-corrected chi connectivity index (χ4v) is 1.53. The Bertz CT molecular complexity index is 633. The van der Waals surface area contributed by atoms with Crippen LogP contribution >= 0.6 is 0 Å². The van der Waals surface area contributed by atoms with Crippen molar-refractivity contribution < 1.29 is 14.5 Å². The van der Waals surface area contributed by atoms with Crippen molar-refractivity contribution in [2.24, 2.45) is 0 Å². The van der Waals surface area contributed by atoms with E-state index in [9.17, 15) is 14.9 Å². The Hall–Kier alpha value is -2.95. The van der Waals surface area contributed by atoms with E-state index >= 15 is 0 Å². The van der Waals surface area contributed by atoms with Gasteiger partial charge in [-0.25, -0.2) is 4.79 Å². The van der Waals surface area contributed by atoms with E-state index in [1.807, 2.05) is 30.3 Å². The molecule has 2 aromatic rings. The maximum Gasteiger partial charge on any atom is 0.342 e. The number of nitro groups is 1. The van der Waals surface area contributed by atoms with Gasteiger partial charge in [0.1, 0.15) is 0 Å². The number of rotatable bonds is 4. The molecule has 0 atom stereocenters. The number of hydrogen-bond acceptors (Lipinski definition) is 4. The van der Waals surface area contributed by atoms with Gasteiger partial charge >= 0.3 is 5.97 Å². The molecule has 0 saturated heterocycles. The minimum absolute atomic E-state index is 0.0682. The Morgan fingerprint density at radius 2 is 1.70 bits per heavy atom. The van der Waals surface area contributed by atoms with Crippen LogP contribution in [0.5, 0.6) is 0 Å². The first-order chi connectivity index (χ1) is 9.66. The minimum Gasteiger partial charge on any atom is -0.431 e. The van der Waals surface area contributed by atoms with Gasteiger partial charge in [0.15, 0.2) is 0 Å². The van der Waals surface area contributed by atoms with E-state index < -0.39 is 10.9 Å². The van der Waals surface area contributed by atoms with Gasteiger partial charge < -0.3 is 4.74 Å². The van der Waals surface area contributed by atoms with Crippen molar-refractivity contribution in [2.75, 3.05) is 0 Å². The molecular weight excluding hydrogens is 258 g/mol. The summed E-state index contributed by atoms with van der Waals surface area (Å²) in [6.45, 7) is 0. The summed E-state index contributed by atoms with van der Waals surface area (Å²) in [6.07, 6.45) is 2.95. The highest BCUT2D eigenvalue weighted by atomic mass is 16.6. The second-order valence-corrected chi connectivity index (χ2v) is 3.92. The van der Waals surface area contributed by atoms with Crippen molar-refractivity contribution >= 4 is 17.7 Å². The van der Waals surface area contributed by atoms with E-state index in [-0.39, 0.29) is 11.3 Å². The smallest absolute Gasteiger partial charge is 0.342 e. The van der Waals surface area contributed by atoms with E-state index in [1.165, 1.54) is 30.5 Å². The van der Waals surface area contributed by atoms with Crippen molar-refractivity contribution in [3.63, 3.8) is 0 Å². The third-order valence-corrected chi connectivity index (χ3v) is 2.55. The molecule has 0 fully saturated rings. The van der Waals surface area contributed by atoms with Crippen LogP contribution in [0.4, 0.5) is 5.69 Å². The molecule has 0 aliphatic heterocycles. The number of non-ortho nitro benzene ring substituents is 1. The Morgan fingerprint density at radius 3 is 2.30 bits per heavy atom. The highest BCUT2D eigenvalue weighted by Crippen LogP contribution is 2.13. The second-order valence-electron chi connectivity index (χ2n) is 3.92. The summed E-state index contributed by atoms with van der Waals surface area (Å²) in [5.41, 5.74) is 1.10. The normalized spacial score (nSPS) is 10.4. The van der Waals surface area contributed by atoms with Crippen molar-refractivity contribution in [3.8, 4) is 0 Å². The molecule has 2 rings (SSSR count). The lowest BCUT2D eigenvalue weighted by Gasteiger charge is -1.99. The fourth-order valence-electron chi connectivity index (χ4n) is 1.53. The summed E-state index contributed by atoms with van der Waals surface area (Å²) in [4.78, 5) is 21.6. The molecule has 2 aromatic carbocycles. The lowest BCUT2D eigenvalue weighted by atomic mass is 10.2. The predicted molar refractivity (Wildman–Crippen MR) is 74.0 cm³/mol. The van der Waals surface area contributed by atoms with Gasteiger partial charge in [-0.1, -0.05) is 30.3 Å². The molecule has 20 heavy (non-hydrogen) atoms. The molecular formula is C15H11NO4. The molecule has 0 aliphatic carbocycles. The van der Waals surface area contributed by atoms with Crippen LogP contribution in [0.1, 0.15) is 15.9 Å². The number of ether oxygens (including phenoxy) is 1. The van der Waals surface area contributed by atoms with Crippen molar-refractivity contribution in [1.82, 2.24) is 0 Å². The molecule has 0 spiro atoms. The Balaban J connectivity index is 1.98. The zero-order valence-corrected chi connectivity index (χ0v) is 10.4. The number of esters is 1. The summed E-state index contributed by atoms with van der Waals surface area (Å²) < 4.78 is 4.94. The second kappa shape index (κ2) is 6.29. The molecule has 5 heteroatoms. The molecule has 0 heterocycles. The van der Waals surface area contributed by atoms with E-state index in [2.05, 4.69) is 0 Å². The van der Waals surface area contributed by atoms with Crippen LogP contribution in [-0.2, 0) is 4.74 Å². The predicted octanol–water partition coefficient (Wildman–Crippen LogP) is 3.42. The SMILES string of the molecule is O=C(OC=Cc1ccccc1)c1ccc([N+](=O)[O-])cc1. The Morgan fingerprint density at radius 1 is 1.05 bits per heavy atom. The minimum atomic E-state index is -0.563. The van der Waals surface area contributed by atoms with E-state index in [1.54, 1.807) is 6.08 Å². The molecule has 0 aromatic heterocycles. The number of carbonyl (C=O) groups is 1. The first-order valence-electron chi connectivity index (χ1n) is 5.84. The van der Waals surface area contributed by atoms with Crippen LogP contribution in [0.25, 0.3) is 6.08 Å². The topological polar surface area (TPSA) is 69.4 Å². The number of benzene rings is 2. The zero-order valence-electron chi connectivity index (χ0n) is 10.4. The van der Waals surface area contributed by atoms with Crippen LogP contribution in [-0.4, -0.2) is 10.9 Å². The van der Waals surface area contributed by atoms with E-state index in [4.69, 9.17) is 4.74 Å². The standard InChI is InChI=1S/C15H11NO4/c17-15(13-6-8-14(9-7-13)16(18)19)20-11-10-12-4-2-1-3-5-12/h1-11H. The van der Waals surface area contributed by atoms with Gasteiger partial charge in [0.25, 0.3) is 5.69 Å². The monoisotopic (exact) mass is 269 g/mol. The number of nitro benzene ring substituents is 1. The van der Waals surface area contributed by atoms with Crippen LogP contribution in [0, 0.1) is 10.1 Å². The van der Waals surface area contributed by atoms with Crippen molar-refractivity contribution in [2.45, 2.75) is 0 Å². The van der Waals surface area contributed by atoms with Gasteiger partial charge in [-0.15, -0.1) is 0 Å².